The van der Waals surface area contributed by atoms with Gasteiger partial charge in [-0.15, -0.1) is 0 Å². The fourth-order valence-electron chi connectivity index (χ4n) is 6.75. The van der Waals surface area contributed by atoms with Crippen molar-refractivity contribution in [2.24, 2.45) is 16.8 Å². The largest absolute Gasteiger partial charge is 0.329 e. The third kappa shape index (κ3) is 5.24. The van der Waals surface area contributed by atoms with Gasteiger partial charge in [-0.25, -0.2) is 13.3 Å². The molecule has 1 aliphatic carbocycles. The van der Waals surface area contributed by atoms with Crippen LogP contribution in [0.3, 0.4) is 0 Å². The van der Waals surface area contributed by atoms with E-state index in [0.717, 1.165) is 41.3 Å². The Morgan fingerprint density at radius 2 is 1.73 bits per heavy atom. The van der Waals surface area contributed by atoms with Crippen molar-refractivity contribution in [3.8, 4) is 0 Å². The minimum absolute atomic E-state index is 0.00734. The SMILES string of the molecule is Cc1cc2[nH]c(=O)n(C(C)(C)C)c(=O)c2c(C)c1CCS(=O)N1CCC2(CC1)N=C(C1CCC(C)CC1)NC2=O. The summed E-state index contributed by atoms with van der Waals surface area (Å²) < 4.78 is 16.6. The molecule has 1 spiro atoms. The maximum absolute atomic E-state index is 13.4. The Bertz CT molecular complexity index is 1500. The van der Waals surface area contributed by atoms with Crippen LogP contribution in [0.1, 0.15) is 82.9 Å². The molecule has 3 aliphatic rings. The number of aromatic amines is 1. The Morgan fingerprint density at radius 3 is 2.35 bits per heavy atom. The molecule has 9 nitrogen and oxygen atoms in total. The first kappa shape index (κ1) is 28.9. The van der Waals surface area contributed by atoms with E-state index in [1.165, 1.54) is 17.4 Å². The molecule has 1 aromatic heterocycles. The number of rotatable bonds is 5. The molecule has 2 aromatic rings. The number of nitrogens with zero attached hydrogens (tertiary/aromatic N) is 3. The topological polar surface area (TPSA) is 117 Å². The van der Waals surface area contributed by atoms with Gasteiger partial charge < -0.3 is 10.3 Å². The first-order chi connectivity index (χ1) is 18.8. The number of hydrogen-bond donors (Lipinski definition) is 2. The molecule has 2 N–H and O–H groups in total. The number of aliphatic imine (C=N–C) groups is 1. The van der Waals surface area contributed by atoms with Gasteiger partial charge in [0.1, 0.15) is 11.4 Å². The number of carbonyl (C=O) groups is 1. The zero-order valence-corrected chi connectivity index (χ0v) is 25.5. The second kappa shape index (κ2) is 10.7. The van der Waals surface area contributed by atoms with Crippen LogP contribution < -0.4 is 16.6 Å². The van der Waals surface area contributed by atoms with Crippen molar-refractivity contribution in [2.75, 3.05) is 18.8 Å². The highest BCUT2D eigenvalue weighted by Gasteiger charge is 2.47. The molecular weight excluding hydrogens is 526 g/mol. The minimum Gasteiger partial charge on any atom is -0.312 e. The summed E-state index contributed by atoms with van der Waals surface area (Å²) in [7, 11) is -1.22. The zero-order valence-electron chi connectivity index (χ0n) is 24.7. The lowest BCUT2D eigenvalue weighted by atomic mass is 9.82. The number of nitrogens with one attached hydrogen (secondary N) is 2. The van der Waals surface area contributed by atoms with Gasteiger partial charge in [0.05, 0.1) is 21.9 Å². The van der Waals surface area contributed by atoms with Crippen LogP contribution in [0.15, 0.2) is 20.6 Å². The van der Waals surface area contributed by atoms with Crippen molar-refractivity contribution in [2.45, 2.75) is 97.6 Å². The van der Waals surface area contributed by atoms with E-state index in [1.807, 2.05) is 45.0 Å². The summed E-state index contributed by atoms with van der Waals surface area (Å²) in [6.07, 6.45) is 6.23. The van der Waals surface area contributed by atoms with Crippen LogP contribution in [0, 0.1) is 25.7 Å². The molecule has 10 heteroatoms. The first-order valence-corrected chi connectivity index (χ1v) is 15.9. The van der Waals surface area contributed by atoms with Crippen molar-refractivity contribution in [3.63, 3.8) is 0 Å². The number of amidine groups is 1. The number of aryl methyl sites for hydroxylation is 2. The van der Waals surface area contributed by atoms with Crippen molar-refractivity contribution < 1.29 is 9.00 Å². The van der Waals surface area contributed by atoms with Crippen molar-refractivity contribution in [3.05, 3.63) is 43.6 Å². The Labute approximate surface area is 238 Å². The highest BCUT2D eigenvalue weighted by atomic mass is 32.2. The van der Waals surface area contributed by atoms with Gasteiger partial charge in [0.15, 0.2) is 0 Å². The highest BCUT2D eigenvalue weighted by Crippen LogP contribution is 2.35. The summed E-state index contributed by atoms with van der Waals surface area (Å²) in [5.74, 6) is 2.41. The fourth-order valence-corrected chi connectivity index (χ4v) is 7.98. The number of aromatic nitrogens is 2. The van der Waals surface area contributed by atoms with E-state index >= 15 is 0 Å². The average Bonchev–Trinajstić information content (AvgIpc) is 3.18. The van der Waals surface area contributed by atoms with Crippen molar-refractivity contribution in [1.29, 1.82) is 0 Å². The van der Waals surface area contributed by atoms with E-state index in [0.29, 0.717) is 54.9 Å². The summed E-state index contributed by atoms with van der Waals surface area (Å²) in [5, 5.41) is 3.61. The lowest BCUT2D eigenvalue weighted by molar-refractivity contribution is -0.124. The third-order valence-corrected chi connectivity index (χ3v) is 10.7. The molecule has 1 saturated carbocycles. The maximum atomic E-state index is 13.4. The number of H-pyrrole nitrogens is 1. The van der Waals surface area contributed by atoms with Crippen molar-refractivity contribution >= 4 is 33.6 Å². The highest BCUT2D eigenvalue weighted by molar-refractivity contribution is 7.82. The van der Waals surface area contributed by atoms with E-state index in [-0.39, 0.29) is 11.5 Å². The van der Waals surface area contributed by atoms with Crippen LogP contribution in [0.25, 0.3) is 10.9 Å². The van der Waals surface area contributed by atoms with Crippen LogP contribution in [-0.4, -0.2) is 54.2 Å². The zero-order chi connectivity index (χ0) is 29.0. The van der Waals surface area contributed by atoms with E-state index in [4.69, 9.17) is 4.99 Å². The summed E-state index contributed by atoms with van der Waals surface area (Å²) in [6.45, 7) is 12.8. The molecule has 1 aromatic carbocycles. The standard InChI is InChI=1S/C30H43N5O4S/c1-18-7-9-21(10-8-18)25-32-27(37)30(33-25)12-14-34(15-13-30)40(39)16-11-22-19(2)17-23-24(20(22)3)26(36)35(28(38)31-23)29(4,5)6/h17-18,21H,7-16H2,1-6H3,(H,31,38)(H,32,33,37). The Kier molecular flexibility index (Phi) is 7.72. The van der Waals surface area contributed by atoms with E-state index in [9.17, 15) is 18.6 Å². The smallest absolute Gasteiger partial charge is 0.312 e. The normalized spacial score (nSPS) is 24.4. The minimum atomic E-state index is -1.22. The van der Waals surface area contributed by atoms with Gasteiger partial charge >= 0.3 is 5.69 Å². The molecular formula is C30H43N5O4S. The number of hydrogen-bond acceptors (Lipinski definition) is 5. The monoisotopic (exact) mass is 569 g/mol. The molecule has 1 atom stereocenters. The van der Waals surface area contributed by atoms with Crippen LogP contribution in [0.4, 0.5) is 0 Å². The predicted molar refractivity (Wildman–Crippen MR) is 160 cm³/mol. The quantitative estimate of drug-likeness (QED) is 0.574. The number of carbonyl (C=O) groups excluding carboxylic acids is 1. The van der Waals surface area contributed by atoms with Gasteiger partial charge in [0, 0.05) is 30.3 Å². The summed E-state index contributed by atoms with van der Waals surface area (Å²) >= 11 is 0. The van der Waals surface area contributed by atoms with Gasteiger partial charge in [-0.05, 0) is 95.4 Å². The molecule has 0 bridgehead atoms. The Balaban J connectivity index is 1.28. The molecule has 3 heterocycles. The molecule has 40 heavy (non-hydrogen) atoms. The molecule has 1 amide bonds. The average molecular weight is 570 g/mol. The lowest BCUT2D eigenvalue weighted by Crippen LogP contribution is -2.49. The van der Waals surface area contributed by atoms with E-state index < -0.39 is 27.8 Å². The molecule has 2 aliphatic heterocycles. The summed E-state index contributed by atoms with van der Waals surface area (Å²) in [5.41, 5.74) is 1.23. The van der Waals surface area contributed by atoms with Crippen LogP contribution >= 0.6 is 0 Å². The number of benzene rings is 1. The third-order valence-electron chi connectivity index (χ3n) is 9.23. The predicted octanol–water partition coefficient (Wildman–Crippen LogP) is 3.46. The van der Waals surface area contributed by atoms with Crippen LogP contribution in [-0.2, 0) is 27.7 Å². The number of fused-ring (bicyclic) bond motifs is 1. The number of amides is 1. The molecule has 0 radical (unpaired) electrons. The summed E-state index contributed by atoms with van der Waals surface area (Å²) in [4.78, 5) is 46.9. The second-order valence-corrected chi connectivity index (χ2v) is 14.7. The first-order valence-electron chi connectivity index (χ1n) is 14.6. The Morgan fingerprint density at radius 1 is 1.07 bits per heavy atom. The molecule has 1 saturated heterocycles. The van der Waals surface area contributed by atoms with Gasteiger partial charge in [-0.2, -0.15) is 0 Å². The van der Waals surface area contributed by atoms with Crippen LogP contribution in [0.2, 0.25) is 0 Å². The number of piperidine rings is 1. The fraction of sp³-hybridized carbons (Fsp3) is 0.667. The second-order valence-electron chi connectivity index (χ2n) is 13.1. The van der Waals surface area contributed by atoms with Gasteiger partial charge in [0.25, 0.3) is 11.5 Å². The molecule has 2 fully saturated rings. The van der Waals surface area contributed by atoms with Crippen LogP contribution in [0.5, 0.6) is 0 Å². The van der Waals surface area contributed by atoms with E-state index in [2.05, 4.69) is 17.2 Å². The van der Waals surface area contributed by atoms with Gasteiger partial charge in [-0.1, -0.05) is 19.8 Å². The lowest BCUT2D eigenvalue weighted by Gasteiger charge is -2.34. The van der Waals surface area contributed by atoms with Gasteiger partial charge in [0.2, 0.25) is 0 Å². The Hall–Kier alpha value is -2.59. The maximum Gasteiger partial charge on any atom is 0.329 e. The van der Waals surface area contributed by atoms with Gasteiger partial charge in [-0.3, -0.25) is 19.1 Å². The molecule has 5 rings (SSSR count). The molecule has 1 unspecified atom stereocenters. The summed E-state index contributed by atoms with van der Waals surface area (Å²) in [6, 6.07) is 1.85. The van der Waals surface area contributed by atoms with Crippen molar-refractivity contribution in [1.82, 2.24) is 19.2 Å². The molecule has 218 valence electrons. The van der Waals surface area contributed by atoms with E-state index in [1.54, 1.807) is 0 Å².